The summed E-state index contributed by atoms with van der Waals surface area (Å²) in [7, 11) is 0. The average molecular weight is 405 g/mol. The maximum absolute atomic E-state index is 12.5. The number of hydrogen-bond acceptors (Lipinski definition) is 4. The fourth-order valence-corrected chi connectivity index (χ4v) is 3.07. The molecule has 0 bridgehead atoms. The second kappa shape index (κ2) is 6.79. The number of imidazole rings is 1. The van der Waals surface area contributed by atoms with Crippen molar-refractivity contribution in [2.24, 2.45) is 0 Å². The fourth-order valence-electron chi connectivity index (χ4n) is 2.86. The monoisotopic (exact) mass is 404 g/mol. The third-order valence-corrected chi connectivity index (χ3v) is 4.29. The van der Waals surface area contributed by atoms with E-state index in [-0.39, 0.29) is 5.02 Å². The SMILES string of the molecule is Cc1nc2cnc(-c3ccccc3)nc2n1-c1ccc(OC(F)(F)F)c(Cl)c1. The molecule has 0 aliphatic carbocycles. The van der Waals surface area contributed by atoms with Gasteiger partial charge in [0.1, 0.15) is 17.1 Å². The van der Waals surface area contributed by atoms with Crippen LogP contribution in [0.3, 0.4) is 0 Å². The molecule has 0 unspecified atom stereocenters. The highest BCUT2D eigenvalue weighted by Crippen LogP contribution is 2.33. The molecule has 2 aromatic carbocycles. The summed E-state index contributed by atoms with van der Waals surface area (Å²) in [4.78, 5) is 13.3. The predicted octanol–water partition coefficient (Wildman–Crippen LogP) is 5.34. The zero-order valence-corrected chi connectivity index (χ0v) is 15.2. The molecule has 5 nitrogen and oxygen atoms in total. The largest absolute Gasteiger partial charge is 0.573 e. The average Bonchev–Trinajstić information content (AvgIpc) is 2.98. The van der Waals surface area contributed by atoms with Gasteiger partial charge in [-0.2, -0.15) is 0 Å². The van der Waals surface area contributed by atoms with Gasteiger partial charge in [-0.25, -0.2) is 15.0 Å². The van der Waals surface area contributed by atoms with Crippen molar-refractivity contribution in [3.63, 3.8) is 0 Å². The van der Waals surface area contributed by atoms with Crippen molar-refractivity contribution in [3.05, 3.63) is 65.6 Å². The van der Waals surface area contributed by atoms with Gasteiger partial charge in [-0.05, 0) is 25.1 Å². The molecule has 9 heteroatoms. The Hall–Kier alpha value is -3.13. The molecule has 28 heavy (non-hydrogen) atoms. The summed E-state index contributed by atoms with van der Waals surface area (Å²) in [5.74, 6) is 0.632. The number of alkyl halides is 3. The van der Waals surface area contributed by atoms with E-state index < -0.39 is 12.1 Å². The molecule has 0 radical (unpaired) electrons. The van der Waals surface area contributed by atoms with Crippen LogP contribution >= 0.6 is 11.6 Å². The van der Waals surface area contributed by atoms with Crippen LogP contribution in [0.1, 0.15) is 5.82 Å². The first-order chi connectivity index (χ1) is 13.3. The lowest BCUT2D eigenvalue weighted by atomic mass is 10.2. The van der Waals surface area contributed by atoms with Gasteiger partial charge in [0.25, 0.3) is 0 Å². The second-order valence-electron chi connectivity index (χ2n) is 5.93. The Balaban J connectivity index is 1.82. The van der Waals surface area contributed by atoms with E-state index in [0.717, 1.165) is 11.6 Å². The number of halogens is 4. The smallest absolute Gasteiger partial charge is 0.404 e. The zero-order valence-electron chi connectivity index (χ0n) is 14.4. The number of ether oxygens (including phenoxy) is 1. The number of hydrogen-bond donors (Lipinski definition) is 0. The fraction of sp³-hybridized carbons (Fsp3) is 0.105. The Morgan fingerprint density at radius 3 is 2.46 bits per heavy atom. The maximum atomic E-state index is 12.5. The highest BCUT2D eigenvalue weighted by Gasteiger charge is 2.32. The van der Waals surface area contributed by atoms with Gasteiger partial charge in [-0.1, -0.05) is 41.9 Å². The van der Waals surface area contributed by atoms with Crippen molar-refractivity contribution >= 4 is 22.8 Å². The third kappa shape index (κ3) is 3.50. The molecule has 4 rings (SSSR count). The molecule has 0 aliphatic heterocycles. The molecule has 0 atom stereocenters. The van der Waals surface area contributed by atoms with Gasteiger partial charge in [-0.15, -0.1) is 13.2 Å². The lowest BCUT2D eigenvalue weighted by molar-refractivity contribution is -0.274. The quantitative estimate of drug-likeness (QED) is 0.462. The van der Waals surface area contributed by atoms with Gasteiger partial charge < -0.3 is 4.74 Å². The summed E-state index contributed by atoms with van der Waals surface area (Å²) in [6.45, 7) is 1.76. The standard InChI is InChI=1S/C19H12ClF3N4O/c1-11-25-15-10-24-17(12-5-3-2-4-6-12)26-18(15)27(11)13-7-8-16(14(20)9-13)28-19(21,22)23/h2-10H,1H3. The van der Waals surface area contributed by atoms with Crippen LogP contribution < -0.4 is 4.74 Å². The molecule has 0 N–H and O–H groups in total. The number of fused-ring (bicyclic) bond motifs is 1. The molecule has 0 spiro atoms. The molecule has 2 heterocycles. The van der Waals surface area contributed by atoms with Crippen LogP contribution in [0.15, 0.2) is 54.7 Å². The first-order valence-corrected chi connectivity index (χ1v) is 8.53. The number of rotatable bonds is 3. The predicted molar refractivity (Wildman–Crippen MR) is 98.5 cm³/mol. The molecule has 0 aliphatic rings. The van der Waals surface area contributed by atoms with E-state index in [2.05, 4.69) is 19.7 Å². The maximum Gasteiger partial charge on any atom is 0.573 e. The minimum Gasteiger partial charge on any atom is -0.404 e. The number of nitrogens with zero attached hydrogens (tertiary/aromatic N) is 4. The lowest BCUT2D eigenvalue weighted by Crippen LogP contribution is -2.17. The number of aromatic nitrogens is 4. The van der Waals surface area contributed by atoms with Crippen molar-refractivity contribution in [1.29, 1.82) is 0 Å². The lowest BCUT2D eigenvalue weighted by Gasteiger charge is -2.12. The second-order valence-corrected chi connectivity index (χ2v) is 6.33. The molecule has 4 aromatic rings. The Morgan fingerprint density at radius 1 is 1.04 bits per heavy atom. The molecule has 142 valence electrons. The minimum atomic E-state index is -4.82. The zero-order chi connectivity index (χ0) is 19.9. The van der Waals surface area contributed by atoms with Gasteiger partial charge in [0.2, 0.25) is 0 Å². The third-order valence-electron chi connectivity index (χ3n) is 4.00. The molecule has 2 aromatic heterocycles. The van der Waals surface area contributed by atoms with E-state index in [4.69, 9.17) is 11.6 Å². The van der Waals surface area contributed by atoms with Crippen molar-refractivity contribution < 1.29 is 17.9 Å². The highest BCUT2D eigenvalue weighted by atomic mass is 35.5. The summed E-state index contributed by atoms with van der Waals surface area (Å²) in [5.41, 5.74) is 2.43. The summed E-state index contributed by atoms with van der Waals surface area (Å²) in [5, 5.41) is -0.173. The van der Waals surface area contributed by atoms with Crippen LogP contribution in [0.4, 0.5) is 13.2 Å². The van der Waals surface area contributed by atoms with Gasteiger partial charge in [0.05, 0.1) is 16.9 Å². The van der Waals surface area contributed by atoms with Gasteiger partial charge in [-0.3, -0.25) is 4.57 Å². The van der Waals surface area contributed by atoms with Gasteiger partial charge in [0, 0.05) is 5.56 Å². The summed E-state index contributed by atoms with van der Waals surface area (Å²) in [6, 6.07) is 13.4. The van der Waals surface area contributed by atoms with Crippen LogP contribution in [0.2, 0.25) is 5.02 Å². The Bertz CT molecular complexity index is 1160. The summed E-state index contributed by atoms with van der Waals surface area (Å²) < 4.78 is 43.0. The van der Waals surface area contributed by atoms with E-state index in [1.807, 2.05) is 30.3 Å². The van der Waals surface area contributed by atoms with Crippen LogP contribution in [0.25, 0.3) is 28.2 Å². The van der Waals surface area contributed by atoms with Crippen molar-refractivity contribution in [3.8, 4) is 22.8 Å². The molecular formula is C19H12ClF3N4O. The number of aryl methyl sites for hydroxylation is 1. The molecule has 0 saturated heterocycles. The van der Waals surface area contributed by atoms with Gasteiger partial charge in [0.15, 0.2) is 11.5 Å². The number of benzene rings is 2. The topological polar surface area (TPSA) is 52.8 Å². The first kappa shape index (κ1) is 18.2. The van der Waals surface area contributed by atoms with E-state index in [9.17, 15) is 13.2 Å². The van der Waals surface area contributed by atoms with E-state index in [1.54, 1.807) is 17.7 Å². The van der Waals surface area contributed by atoms with E-state index in [1.165, 1.54) is 12.1 Å². The first-order valence-electron chi connectivity index (χ1n) is 8.15. The van der Waals surface area contributed by atoms with Crippen LogP contribution in [-0.4, -0.2) is 25.9 Å². The summed E-state index contributed by atoms with van der Waals surface area (Å²) in [6.07, 6.45) is -3.21. The Labute approximate surface area is 162 Å². The van der Waals surface area contributed by atoms with Crippen LogP contribution in [0, 0.1) is 6.92 Å². The molecule has 0 saturated carbocycles. The van der Waals surface area contributed by atoms with Crippen molar-refractivity contribution in [1.82, 2.24) is 19.5 Å². The van der Waals surface area contributed by atoms with E-state index >= 15 is 0 Å². The molecule has 0 amide bonds. The summed E-state index contributed by atoms with van der Waals surface area (Å²) >= 11 is 5.99. The Kier molecular flexibility index (Phi) is 4.43. The van der Waals surface area contributed by atoms with Crippen molar-refractivity contribution in [2.75, 3.05) is 0 Å². The Morgan fingerprint density at radius 2 is 1.79 bits per heavy atom. The van der Waals surface area contributed by atoms with Crippen molar-refractivity contribution in [2.45, 2.75) is 13.3 Å². The normalized spacial score (nSPS) is 11.8. The van der Waals surface area contributed by atoms with Crippen LogP contribution in [-0.2, 0) is 0 Å². The highest BCUT2D eigenvalue weighted by molar-refractivity contribution is 6.32. The van der Waals surface area contributed by atoms with Gasteiger partial charge >= 0.3 is 6.36 Å². The minimum absolute atomic E-state index is 0.173. The van der Waals surface area contributed by atoms with Crippen LogP contribution in [0.5, 0.6) is 5.75 Å². The molecule has 0 fully saturated rings. The molecular weight excluding hydrogens is 393 g/mol. The van der Waals surface area contributed by atoms with E-state index in [0.29, 0.717) is 28.5 Å².